The first-order valence-corrected chi connectivity index (χ1v) is 10.3. The lowest BCUT2D eigenvalue weighted by Gasteiger charge is -2.06. The number of amides is 1. The van der Waals surface area contributed by atoms with Gasteiger partial charge in [0, 0.05) is 22.3 Å². The molecule has 31 heavy (non-hydrogen) atoms. The number of nitrogens with zero attached hydrogens (tertiary/aromatic N) is 2. The van der Waals surface area contributed by atoms with Crippen LogP contribution < -0.4 is 10.1 Å². The Morgan fingerprint density at radius 1 is 1.13 bits per heavy atom. The number of hydrogen-bond donors (Lipinski definition) is 1. The summed E-state index contributed by atoms with van der Waals surface area (Å²) in [6.07, 6.45) is 1.78. The molecule has 158 valence electrons. The number of carbonyl (C=O) groups is 1. The maximum absolute atomic E-state index is 12.5. The van der Waals surface area contributed by atoms with Gasteiger partial charge in [-0.3, -0.25) is 9.48 Å². The highest BCUT2D eigenvalue weighted by Crippen LogP contribution is 2.22. The highest BCUT2D eigenvalue weighted by molar-refractivity contribution is 6.31. The van der Waals surface area contributed by atoms with Crippen LogP contribution >= 0.6 is 23.2 Å². The van der Waals surface area contributed by atoms with Gasteiger partial charge in [0.15, 0.2) is 11.6 Å². The van der Waals surface area contributed by atoms with Crippen molar-refractivity contribution >= 4 is 34.9 Å². The molecule has 0 saturated heterocycles. The average molecular weight is 456 g/mol. The number of furan rings is 1. The number of anilines is 1. The Kier molecular flexibility index (Phi) is 6.30. The van der Waals surface area contributed by atoms with E-state index in [-0.39, 0.29) is 18.3 Å². The van der Waals surface area contributed by atoms with E-state index in [1.807, 2.05) is 37.3 Å². The fraction of sp³-hybridized carbons (Fsp3) is 0.130. The van der Waals surface area contributed by atoms with Gasteiger partial charge in [0.05, 0.1) is 6.54 Å². The number of nitrogens with one attached hydrogen (secondary N) is 1. The number of rotatable bonds is 7. The summed E-state index contributed by atoms with van der Waals surface area (Å²) < 4.78 is 13.0. The molecule has 0 bridgehead atoms. The number of halogens is 2. The molecule has 4 aromatic rings. The Balaban J connectivity index is 1.33. The summed E-state index contributed by atoms with van der Waals surface area (Å²) in [5.74, 6) is 1.42. The van der Waals surface area contributed by atoms with Crippen LogP contribution in [0.1, 0.15) is 27.4 Å². The van der Waals surface area contributed by atoms with Gasteiger partial charge in [0.25, 0.3) is 5.91 Å². The molecule has 6 nitrogen and oxygen atoms in total. The minimum absolute atomic E-state index is 0.176. The first kappa shape index (κ1) is 21.0. The van der Waals surface area contributed by atoms with Crippen molar-refractivity contribution in [1.29, 1.82) is 0 Å². The van der Waals surface area contributed by atoms with Crippen LogP contribution in [-0.4, -0.2) is 15.7 Å². The largest absolute Gasteiger partial charge is 0.486 e. The fourth-order valence-electron chi connectivity index (χ4n) is 2.96. The van der Waals surface area contributed by atoms with Gasteiger partial charge in [-0.15, -0.1) is 0 Å². The van der Waals surface area contributed by atoms with Crippen molar-refractivity contribution in [3.8, 4) is 5.75 Å². The number of aromatic nitrogens is 2. The second-order valence-electron chi connectivity index (χ2n) is 6.95. The van der Waals surface area contributed by atoms with Gasteiger partial charge >= 0.3 is 0 Å². The predicted molar refractivity (Wildman–Crippen MR) is 120 cm³/mol. The zero-order valence-corrected chi connectivity index (χ0v) is 18.2. The molecular formula is C23H19Cl2N3O3. The zero-order valence-electron chi connectivity index (χ0n) is 16.6. The maximum atomic E-state index is 12.5. The van der Waals surface area contributed by atoms with Crippen molar-refractivity contribution in [3.05, 3.63) is 99.6 Å². The molecule has 0 fully saturated rings. The Morgan fingerprint density at radius 2 is 2.00 bits per heavy atom. The Bertz CT molecular complexity index is 1220. The highest BCUT2D eigenvalue weighted by atomic mass is 35.5. The molecule has 0 spiro atoms. The summed E-state index contributed by atoms with van der Waals surface area (Å²) in [4.78, 5) is 12.5. The molecule has 0 aliphatic heterocycles. The minimum atomic E-state index is -0.387. The molecule has 0 unspecified atom stereocenters. The van der Waals surface area contributed by atoms with E-state index in [9.17, 15) is 4.79 Å². The van der Waals surface area contributed by atoms with Crippen LogP contribution in [0.3, 0.4) is 0 Å². The van der Waals surface area contributed by atoms with E-state index in [1.54, 1.807) is 41.2 Å². The summed E-state index contributed by atoms with van der Waals surface area (Å²) in [6.45, 7) is 2.65. The van der Waals surface area contributed by atoms with E-state index in [1.165, 1.54) is 0 Å². The lowest BCUT2D eigenvalue weighted by molar-refractivity contribution is 0.0992. The molecule has 0 radical (unpaired) electrons. The van der Waals surface area contributed by atoms with Crippen molar-refractivity contribution in [2.24, 2.45) is 0 Å². The lowest BCUT2D eigenvalue weighted by atomic mass is 10.2. The topological polar surface area (TPSA) is 69.3 Å². The standard InChI is InChI=1S/C23H19Cl2N3O3/c1-15-11-18(5-7-20(15)25)30-14-19-6-8-21(31-19)23(29)26-22-9-10-28(27-22)13-16-3-2-4-17(24)12-16/h2-12H,13-14H2,1H3,(H,26,27,29). The second kappa shape index (κ2) is 9.29. The summed E-state index contributed by atoms with van der Waals surface area (Å²) in [6, 6.07) is 18.0. The number of carbonyl (C=O) groups excluding carboxylic acids is 1. The molecule has 8 heteroatoms. The van der Waals surface area contributed by atoms with E-state index >= 15 is 0 Å². The Labute approximate surface area is 189 Å². The van der Waals surface area contributed by atoms with Crippen LogP contribution in [-0.2, 0) is 13.2 Å². The van der Waals surface area contributed by atoms with Crippen molar-refractivity contribution in [1.82, 2.24) is 9.78 Å². The molecule has 0 saturated carbocycles. The smallest absolute Gasteiger partial charge is 0.292 e. The third-order valence-electron chi connectivity index (χ3n) is 4.51. The zero-order chi connectivity index (χ0) is 21.8. The average Bonchev–Trinajstić information content (AvgIpc) is 3.38. The third kappa shape index (κ3) is 5.48. The van der Waals surface area contributed by atoms with Crippen LogP contribution in [0, 0.1) is 6.92 Å². The molecule has 1 N–H and O–H groups in total. The summed E-state index contributed by atoms with van der Waals surface area (Å²) in [7, 11) is 0. The first-order chi connectivity index (χ1) is 15.0. The number of ether oxygens (including phenoxy) is 1. The van der Waals surface area contributed by atoms with Gasteiger partial charge in [0.1, 0.15) is 18.1 Å². The molecule has 0 aliphatic carbocycles. The van der Waals surface area contributed by atoms with Gasteiger partial charge in [-0.1, -0.05) is 35.3 Å². The SMILES string of the molecule is Cc1cc(OCc2ccc(C(=O)Nc3ccn(Cc4cccc(Cl)c4)n3)o2)ccc1Cl. The lowest BCUT2D eigenvalue weighted by Crippen LogP contribution is -2.12. The number of hydrogen-bond acceptors (Lipinski definition) is 4. The van der Waals surface area contributed by atoms with Crippen LogP contribution in [0.5, 0.6) is 5.75 Å². The quantitative estimate of drug-likeness (QED) is 0.372. The van der Waals surface area contributed by atoms with Gasteiger partial charge < -0.3 is 14.5 Å². The Hall–Kier alpha value is -3.22. The molecule has 2 heterocycles. The van der Waals surface area contributed by atoms with E-state index in [0.29, 0.717) is 33.9 Å². The highest BCUT2D eigenvalue weighted by Gasteiger charge is 2.13. The van der Waals surface area contributed by atoms with Gasteiger partial charge in [-0.25, -0.2) is 0 Å². The van der Waals surface area contributed by atoms with E-state index < -0.39 is 0 Å². The van der Waals surface area contributed by atoms with Crippen LogP contribution in [0.15, 0.2) is 71.3 Å². The van der Waals surface area contributed by atoms with E-state index in [2.05, 4.69) is 10.4 Å². The predicted octanol–water partition coefficient (Wildman–Crippen LogP) is 5.97. The van der Waals surface area contributed by atoms with Crippen LogP contribution in [0.2, 0.25) is 10.0 Å². The number of aryl methyl sites for hydroxylation is 1. The molecule has 0 aliphatic rings. The van der Waals surface area contributed by atoms with Gasteiger partial charge in [-0.05, 0) is 60.5 Å². The fourth-order valence-corrected chi connectivity index (χ4v) is 3.29. The molecule has 2 aromatic heterocycles. The monoisotopic (exact) mass is 455 g/mol. The van der Waals surface area contributed by atoms with Crippen molar-refractivity contribution in [2.75, 3.05) is 5.32 Å². The molecular weight excluding hydrogens is 437 g/mol. The second-order valence-corrected chi connectivity index (χ2v) is 7.79. The normalized spacial score (nSPS) is 10.8. The van der Waals surface area contributed by atoms with Crippen LogP contribution in [0.25, 0.3) is 0 Å². The molecule has 0 atom stereocenters. The van der Waals surface area contributed by atoms with Gasteiger partial charge in [0.2, 0.25) is 0 Å². The molecule has 2 aromatic carbocycles. The number of benzene rings is 2. The minimum Gasteiger partial charge on any atom is -0.486 e. The van der Waals surface area contributed by atoms with Crippen molar-refractivity contribution < 1.29 is 13.9 Å². The van der Waals surface area contributed by atoms with Gasteiger partial charge in [-0.2, -0.15) is 5.10 Å². The first-order valence-electron chi connectivity index (χ1n) is 9.53. The van der Waals surface area contributed by atoms with Crippen LogP contribution in [0.4, 0.5) is 5.82 Å². The maximum Gasteiger partial charge on any atom is 0.292 e. The summed E-state index contributed by atoms with van der Waals surface area (Å²) in [5.41, 5.74) is 1.94. The molecule has 4 rings (SSSR count). The summed E-state index contributed by atoms with van der Waals surface area (Å²) >= 11 is 12.0. The van der Waals surface area contributed by atoms with E-state index in [0.717, 1.165) is 11.1 Å². The van der Waals surface area contributed by atoms with Crippen molar-refractivity contribution in [3.63, 3.8) is 0 Å². The van der Waals surface area contributed by atoms with Crippen molar-refractivity contribution in [2.45, 2.75) is 20.1 Å². The Morgan fingerprint density at radius 3 is 2.81 bits per heavy atom. The third-order valence-corrected chi connectivity index (χ3v) is 5.17. The molecule has 1 amide bonds. The van der Waals surface area contributed by atoms with E-state index in [4.69, 9.17) is 32.4 Å². The summed E-state index contributed by atoms with van der Waals surface area (Å²) in [5, 5.41) is 8.44.